The molecule has 0 radical (unpaired) electrons. The van der Waals surface area contributed by atoms with Gasteiger partial charge in [0.25, 0.3) is 5.91 Å². The van der Waals surface area contributed by atoms with Crippen LogP contribution in [0, 0.1) is 0 Å². The number of nitrogens with zero attached hydrogens (tertiary/aromatic N) is 2. The predicted octanol–water partition coefficient (Wildman–Crippen LogP) is 6.81. The Morgan fingerprint density at radius 1 is 1.07 bits per heavy atom. The Bertz CT molecular complexity index is 1600. The van der Waals surface area contributed by atoms with Crippen molar-refractivity contribution in [3.8, 4) is 28.5 Å². The number of amides is 1. The van der Waals surface area contributed by atoms with Gasteiger partial charge in [-0.3, -0.25) is 14.9 Å². The lowest BCUT2D eigenvalue weighted by Gasteiger charge is -2.24. The molecule has 0 bridgehead atoms. The summed E-state index contributed by atoms with van der Waals surface area (Å²) in [5.41, 5.74) is 0.330. The maximum Gasteiger partial charge on any atom is 0.416 e. The molecule has 204 valence electrons. The zero-order valence-electron chi connectivity index (χ0n) is 20.4. The average molecular weight is 570 g/mol. The summed E-state index contributed by atoms with van der Waals surface area (Å²) in [6.07, 6.45) is -2.83. The third-order valence-electron chi connectivity index (χ3n) is 6.11. The largest absolute Gasteiger partial charge is 0.493 e. The normalized spacial score (nSPS) is 14.6. The van der Waals surface area contributed by atoms with E-state index in [-0.39, 0.29) is 40.1 Å². The van der Waals surface area contributed by atoms with Gasteiger partial charge in [0.05, 0.1) is 28.8 Å². The van der Waals surface area contributed by atoms with E-state index in [2.05, 4.69) is 15.3 Å². The van der Waals surface area contributed by atoms with E-state index in [1.807, 2.05) is 0 Å². The molecule has 1 amide bonds. The van der Waals surface area contributed by atoms with Crippen LogP contribution >= 0.6 is 11.6 Å². The number of alkyl halides is 3. The van der Waals surface area contributed by atoms with Gasteiger partial charge in [0.1, 0.15) is 17.2 Å². The zero-order chi connectivity index (χ0) is 28.4. The molecule has 8 nitrogen and oxygen atoms in total. The summed E-state index contributed by atoms with van der Waals surface area (Å²) in [7, 11) is 0. The number of aliphatic carboxylic acids is 1. The van der Waals surface area contributed by atoms with E-state index >= 15 is 0 Å². The van der Waals surface area contributed by atoms with Gasteiger partial charge in [-0.05, 0) is 55.0 Å². The molecule has 0 saturated heterocycles. The Balaban J connectivity index is 1.28. The number of fused-ring (bicyclic) bond motifs is 1. The molecule has 3 aromatic carbocycles. The molecule has 1 aliphatic rings. The van der Waals surface area contributed by atoms with Gasteiger partial charge in [0.2, 0.25) is 5.95 Å². The number of carbonyl (C=O) groups is 2. The summed E-state index contributed by atoms with van der Waals surface area (Å²) < 4.78 is 50.6. The third-order valence-corrected chi connectivity index (χ3v) is 6.41. The number of nitrogens with one attached hydrogen (secondary N) is 1. The number of halogens is 4. The summed E-state index contributed by atoms with van der Waals surface area (Å²) in [5, 5.41) is 12.2. The molecular weight excluding hydrogens is 551 g/mol. The first-order valence-electron chi connectivity index (χ1n) is 11.9. The van der Waals surface area contributed by atoms with Crippen molar-refractivity contribution in [2.75, 3.05) is 11.9 Å². The maximum atomic E-state index is 13.1. The molecule has 2 N–H and O–H groups in total. The number of rotatable bonds is 6. The second kappa shape index (κ2) is 10.9. The van der Waals surface area contributed by atoms with Gasteiger partial charge >= 0.3 is 12.1 Å². The highest BCUT2D eigenvalue weighted by Gasteiger charge is 2.31. The topological polar surface area (TPSA) is 111 Å². The van der Waals surface area contributed by atoms with Crippen LogP contribution in [0.5, 0.6) is 17.2 Å². The van der Waals surface area contributed by atoms with Crippen molar-refractivity contribution in [3.05, 3.63) is 94.6 Å². The summed E-state index contributed by atoms with van der Waals surface area (Å²) in [4.78, 5) is 32.4. The van der Waals surface area contributed by atoms with Crippen LogP contribution in [-0.4, -0.2) is 33.6 Å². The van der Waals surface area contributed by atoms with Crippen molar-refractivity contribution < 1.29 is 37.3 Å². The Kier molecular flexibility index (Phi) is 7.31. The van der Waals surface area contributed by atoms with Crippen molar-refractivity contribution in [3.63, 3.8) is 0 Å². The fraction of sp³-hybridized carbons (Fsp3) is 0.143. The van der Waals surface area contributed by atoms with Gasteiger partial charge in [0.15, 0.2) is 0 Å². The number of carboxylic acid groups (broad SMARTS) is 1. The van der Waals surface area contributed by atoms with Crippen LogP contribution in [0.2, 0.25) is 5.02 Å². The number of ether oxygens (including phenoxy) is 2. The molecule has 0 spiro atoms. The van der Waals surface area contributed by atoms with Crippen LogP contribution in [0.4, 0.5) is 19.1 Å². The molecule has 1 atom stereocenters. The highest BCUT2D eigenvalue weighted by Crippen LogP contribution is 2.42. The first kappa shape index (κ1) is 26.9. The van der Waals surface area contributed by atoms with E-state index in [9.17, 15) is 27.9 Å². The lowest BCUT2D eigenvalue weighted by molar-refractivity contribution is -0.139. The Morgan fingerprint density at radius 2 is 1.85 bits per heavy atom. The summed E-state index contributed by atoms with van der Waals surface area (Å²) >= 11 is 6.33. The molecular formula is C28H19ClF3N3O5. The Hall–Kier alpha value is -4.64. The van der Waals surface area contributed by atoms with E-state index in [1.165, 1.54) is 60.8 Å². The number of anilines is 1. The minimum Gasteiger partial charge on any atom is -0.493 e. The standard InChI is InChI=1S/C28H19ClF3N3O5/c29-21-13-20-19(26(37)38)9-11-39-23(20)14-24(21)40-18-6-4-15(5-7-18)25(36)35-27-33-10-8-22(34-27)16-2-1-3-17(12-16)28(30,31)32/h1-8,10,12-14,19H,9,11H2,(H,37,38)(H,33,34,35,36). The lowest BCUT2D eigenvalue weighted by Crippen LogP contribution is -2.20. The highest BCUT2D eigenvalue weighted by atomic mass is 35.5. The van der Waals surface area contributed by atoms with Gasteiger partial charge < -0.3 is 14.6 Å². The van der Waals surface area contributed by atoms with E-state index in [1.54, 1.807) is 0 Å². The maximum absolute atomic E-state index is 13.1. The number of benzene rings is 3. The molecule has 4 aromatic rings. The number of carboxylic acids is 1. The first-order chi connectivity index (χ1) is 19.1. The Morgan fingerprint density at radius 3 is 2.58 bits per heavy atom. The molecule has 1 aromatic heterocycles. The monoisotopic (exact) mass is 569 g/mol. The lowest BCUT2D eigenvalue weighted by atomic mass is 9.93. The van der Waals surface area contributed by atoms with Gasteiger partial charge in [-0.25, -0.2) is 9.97 Å². The smallest absolute Gasteiger partial charge is 0.416 e. The van der Waals surface area contributed by atoms with E-state index in [0.29, 0.717) is 23.5 Å². The number of carbonyl (C=O) groups excluding carboxylic acids is 1. The van der Waals surface area contributed by atoms with Gasteiger partial charge in [-0.15, -0.1) is 0 Å². The van der Waals surface area contributed by atoms with Crippen molar-refractivity contribution in [2.45, 2.75) is 18.5 Å². The molecule has 2 heterocycles. The number of hydrogen-bond donors (Lipinski definition) is 2. The van der Waals surface area contributed by atoms with Crippen LogP contribution in [0.3, 0.4) is 0 Å². The molecule has 0 saturated carbocycles. The minimum absolute atomic E-state index is 0.0826. The van der Waals surface area contributed by atoms with Crippen molar-refractivity contribution >= 4 is 29.4 Å². The van der Waals surface area contributed by atoms with Crippen LogP contribution in [0.25, 0.3) is 11.3 Å². The summed E-state index contributed by atoms with van der Waals surface area (Å²) in [6, 6.07) is 15.2. The second-order valence-corrected chi connectivity index (χ2v) is 9.18. The third kappa shape index (κ3) is 5.84. The van der Waals surface area contributed by atoms with E-state index in [4.69, 9.17) is 21.1 Å². The molecule has 0 aliphatic carbocycles. The molecule has 12 heteroatoms. The van der Waals surface area contributed by atoms with Gasteiger partial charge in [-0.2, -0.15) is 13.2 Å². The zero-order valence-corrected chi connectivity index (χ0v) is 21.2. The minimum atomic E-state index is -4.50. The van der Waals surface area contributed by atoms with Crippen LogP contribution in [0.15, 0.2) is 72.9 Å². The fourth-order valence-corrected chi connectivity index (χ4v) is 4.34. The first-order valence-corrected chi connectivity index (χ1v) is 12.3. The molecule has 1 unspecified atom stereocenters. The van der Waals surface area contributed by atoms with E-state index < -0.39 is 29.5 Å². The fourth-order valence-electron chi connectivity index (χ4n) is 4.13. The Labute approximate surface area is 230 Å². The number of hydrogen-bond acceptors (Lipinski definition) is 6. The average Bonchev–Trinajstić information content (AvgIpc) is 2.93. The van der Waals surface area contributed by atoms with Crippen LogP contribution in [-0.2, 0) is 11.0 Å². The van der Waals surface area contributed by atoms with Gasteiger partial charge in [-0.1, -0.05) is 23.7 Å². The van der Waals surface area contributed by atoms with Crippen molar-refractivity contribution in [1.82, 2.24) is 9.97 Å². The molecule has 40 heavy (non-hydrogen) atoms. The summed E-state index contributed by atoms with van der Waals surface area (Å²) in [5.74, 6) is -1.33. The quantitative estimate of drug-likeness (QED) is 0.262. The van der Waals surface area contributed by atoms with Crippen LogP contribution in [0.1, 0.15) is 33.8 Å². The second-order valence-electron chi connectivity index (χ2n) is 8.77. The number of aromatic nitrogens is 2. The van der Waals surface area contributed by atoms with Crippen LogP contribution < -0.4 is 14.8 Å². The van der Waals surface area contributed by atoms with Crippen molar-refractivity contribution in [1.29, 1.82) is 0 Å². The van der Waals surface area contributed by atoms with Gasteiger partial charge in [0, 0.05) is 29.0 Å². The molecule has 0 fully saturated rings. The highest BCUT2D eigenvalue weighted by molar-refractivity contribution is 6.32. The summed E-state index contributed by atoms with van der Waals surface area (Å²) in [6.45, 7) is 0.251. The predicted molar refractivity (Wildman–Crippen MR) is 139 cm³/mol. The molecule has 5 rings (SSSR count). The SMILES string of the molecule is O=C(Nc1nccc(-c2cccc(C(F)(F)F)c2)n1)c1ccc(Oc2cc3c(cc2Cl)C(C(=O)O)CCO3)cc1. The molecule has 1 aliphatic heterocycles. The van der Waals surface area contributed by atoms with Crippen molar-refractivity contribution in [2.24, 2.45) is 0 Å². The van der Waals surface area contributed by atoms with E-state index in [0.717, 1.165) is 12.1 Å².